The molecule has 1 atom stereocenters. The van der Waals surface area contributed by atoms with E-state index in [0.717, 1.165) is 23.7 Å². The van der Waals surface area contributed by atoms with Crippen molar-refractivity contribution >= 4 is 23.0 Å². The third kappa shape index (κ3) is 4.23. The zero-order chi connectivity index (χ0) is 17.8. The van der Waals surface area contributed by atoms with E-state index in [-0.39, 0.29) is 6.10 Å². The molecule has 0 aromatic heterocycles. The predicted octanol–water partition coefficient (Wildman–Crippen LogP) is 4.16. The molecule has 0 radical (unpaired) electrons. The van der Waals surface area contributed by atoms with Crippen molar-refractivity contribution in [3.63, 3.8) is 0 Å². The number of nitrogens with one attached hydrogen (secondary N) is 1. The molecule has 0 spiro atoms. The van der Waals surface area contributed by atoms with Crippen LogP contribution in [0.25, 0.3) is 0 Å². The summed E-state index contributed by atoms with van der Waals surface area (Å²) in [7, 11) is 0. The van der Waals surface area contributed by atoms with Crippen molar-refractivity contribution in [3.05, 3.63) is 53.6 Å². The quantitative estimate of drug-likeness (QED) is 0.832. The van der Waals surface area contributed by atoms with Crippen LogP contribution in [0.1, 0.15) is 18.1 Å². The third-order valence-corrected chi connectivity index (χ3v) is 4.78. The van der Waals surface area contributed by atoms with Gasteiger partial charge in [-0.2, -0.15) is 0 Å². The van der Waals surface area contributed by atoms with Crippen LogP contribution in [0.15, 0.2) is 42.5 Å². The first-order valence-electron chi connectivity index (χ1n) is 8.58. The molecule has 132 valence electrons. The summed E-state index contributed by atoms with van der Waals surface area (Å²) < 4.78 is 11.8. The highest BCUT2D eigenvalue weighted by atomic mass is 32.1. The number of likely N-dealkylation sites (N-methyl/N-ethyl adjacent to an activating group) is 1. The second-order valence-corrected chi connectivity index (χ2v) is 6.65. The van der Waals surface area contributed by atoms with E-state index in [1.165, 1.54) is 11.1 Å². The molecule has 0 saturated carbocycles. The molecule has 4 nitrogen and oxygen atoms in total. The van der Waals surface area contributed by atoms with Crippen LogP contribution >= 0.6 is 12.2 Å². The van der Waals surface area contributed by atoms with E-state index in [1.807, 2.05) is 24.3 Å². The number of fused-ring (bicyclic) bond motifs is 1. The molecule has 0 bridgehead atoms. The van der Waals surface area contributed by atoms with E-state index in [1.54, 1.807) is 0 Å². The van der Waals surface area contributed by atoms with E-state index in [4.69, 9.17) is 21.7 Å². The average molecular weight is 356 g/mol. The van der Waals surface area contributed by atoms with Gasteiger partial charge in [-0.25, -0.2) is 0 Å². The van der Waals surface area contributed by atoms with Crippen LogP contribution in [0, 0.1) is 13.8 Å². The molecule has 1 N–H and O–H groups in total. The molecular formula is C20H24N2O2S. The molecule has 0 aliphatic carbocycles. The predicted molar refractivity (Wildman–Crippen MR) is 106 cm³/mol. The summed E-state index contributed by atoms with van der Waals surface area (Å²) in [4.78, 5) is 2.10. The van der Waals surface area contributed by atoms with Gasteiger partial charge < -0.3 is 19.7 Å². The monoisotopic (exact) mass is 356 g/mol. The van der Waals surface area contributed by atoms with Crippen molar-refractivity contribution in [3.8, 4) is 11.5 Å². The highest BCUT2D eigenvalue weighted by Crippen LogP contribution is 2.31. The fourth-order valence-electron chi connectivity index (χ4n) is 2.78. The smallest absolute Gasteiger partial charge is 0.173 e. The van der Waals surface area contributed by atoms with Crippen LogP contribution in [0.4, 0.5) is 5.69 Å². The van der Waals surface area contributed by atoms with Crippen LogP contribution < -0.4 is 14.8 Å². The zero-order valence-corrected chi connectivity index (χ0v) is 15.7. The zero-order valence-electron chi connectivity index (χ0n) is 14.9. The van der Waals surface area contributed by atoms with Crippen molar-refractivity contribution in [1.29, 1.82) is 0 Å². The Bertz CT molecular complexity index is 763. The average Bonchev–Trinajstić information content (AvgIpc) is 2.62. The second kappa shape index (κ2) is 7.74. The van der Waals surface area contributed by atoms with E-state index in [0.29, 0.717) is 18.3 Å². The molecule has 3 rings (SSSR count). The third-order valence-electron chi connectivity index (χ3n) is 4.42. The van der Waals surface area contributed by atoms with Gasteiger partial charge in [-0.15, -0.1) is 0 Å². The first kappa shape index (κ1) is 17.5. The summed E-state index contributed by atoms with van der Waals surface area (Å²) in [5.41, 5.74) is 3.53. The summed E-state index contributed by atoms with van der Waals surface area (Å²) in [6.07, 6.45) is -0.0469. The summed E-state index contributed by atoms with van der Waals surface area (Å²) >= 11 is 5.60. The molecule has 1 aliphatic rings. The number of benzene rings is 2. The number of aryl methyl sites for hydroxylation is 2. The van der Waals surface area contributed by atoms with Crippen LogP contribution in [-0.4, -0.2) is 35.8 Å². The van der Waals surface area contributed by atoms with E-state index in [9.17, 15) is 0 Å². The number of para-hydroxylation sites is 2. The maximum absolute atomic E-state index is 6.05. The van der Waals surface area contributed by atoms with E-state index < -0.39 is 0 Å². The fraction of sp³-hybridized carbons (Fsp3) is 0.350. The lowest BCUT2D eigenvalue weighted by Crippen LogP contribution is -2.45. The first-order valence-corrected chi connectivity index (χ1v) is 8.99. The van der Waals surface area contributed by atoms with Gasteiger partial charge in [0.05, 0.1) is 6.54 Å². The van der Waals surface area contributed by atoms with Gasteiger partial charge in [0.15, 0.2) is 22.7 Å². The molecule has 0 unspecified atom stereocenters. The fourth-order valence-corrected chi connectivity index (χ4v) is 3.10. The Morgan fingerprint density at radius 3 is 2.64 bits per heavy atom. The van der Waals surface area contributed by atoms with E-state index in [2.05, 4.69) is 49.2 Å². The van der Waals surface area contributed by atoms with Gasteiger partial charge in [-0.05, 0) is 68.4 Å². The number of ether oxygens (including phenoxy) is 2. The standard InChI is InChI=1S/C20H24N2O2S/c1-4-22(20(25)21-16-10-9-14(2)15(3)11-16)12-17-13-23-18-7-5-6-8-19(18)24-17/h5-11,17H,4,12-13H2,1-3H3,(H,21,25)/t17-/m0/s1. The molecule has 2 aromatic carbocycles. The largest absolute Gasteiger partial charge is 0.486 e. The number of nitrogens with zero attached hydrogens (tertiary/aromatic N) is 1. The lowest BCUT2D eigenvalue weighted by atomic mass is 10.1. The maximum Gasteiger partial charge on any atom is 0.173 e. The Morgan fingerprint density at radius 2 is 1.92 bits per heavy atom. The Balaban J connectivity index is 1.62. The van der Waals surface area contributed by atoms with Gasteiger partial charge in [-0.1, -0.05) is 18.2 Å². The number of hydrogen-bond acceptors (Lipinski definition) is 3. The molecule has 0 saturated heterocycles. The van der Waals surface area contributed by atoms with Crippen LogP contribution in [0.3, 0.4) is 0 Å². The normalized spacial score (nSPS) is 15.6. The summed E-state index contributed by atoms with van der Waals surface area (Å²) in [5, 5.41) is 4.03. The summed E-state index contributed by atoms with van der Waals surface area (Å²) in [6.45, 7) is 8.31. The highest BCUT2D eigenvalue weighted by Gasteiger charge is 2.23. The lowest BCUT2D eigenvalue weighted by Gasteiger charge is -2.32. The number of thiocarbonyl (C=S) groups is 1. The Labute approximate surface area is 154 Å². The first-order chi connectivity index (χ1) is 12.1. The second-order valence-electron chi connectivity index (χ2n) is 6.27. The minimum Gasteiger partial charge on any atom is -0.486 e. The summed E-state index contributed by atoms with van der Waals surface area (Å²) in [6, 6.07) is 14.0. The SMILES string of the molecule is CCN(C[C@H]1COc2ccccc2O1)C(=S)Nc1ccc(C)c(C)c1. The van der Waals surface area contributed by atoms with Crippen molar-refractivity contribution < 1.29 is 9.47 Å². The molecular weight excluding hydrogens is 332 g/mol. The van der Waals surface area contributed by atoms with Crippen LogP contribution in [-0.2, 0) is 0 Å². The number of anilines is 1. The molecule has 0 amide bonds. The Morgan fingerprint density at radius 1 is 1.16 bits per heavy atom. The van der Waals surface area contributed by atoms with Crippen LogP contribution in [0.2, 0.25) is 0 Å². The van der Waals surface area contributed by atoms with Gasteiger partial charge >= 0.3 is 0 Å². The molecule has 1 aliphatic heterocycles. The van der Waals surface area contributed by atoms with Crippen molar-refractivity contribution in [2.75, 3.05) is 25.0 Å². The topological polar surface area (TPSA) is 33.7 Å². The van der Waals surface area contributed by atoms with Gasteiger partial charge in [0.2, 0.25) is 0 Å². The minimum atomic E-state index is -0.0469. The molecule has 5 heteroatoms. The number of hydrogen-bond donors (Lipinski definition) is 1. The Hall–Kier alpha value is -2.27. The van der Waals surface area contributed by atoms with Crippen molar-refractivity contribution in [2.24, 2.45) is 0 Å². The number of rotatable bonds is 4. The molecule has 1 heterocycles. The van der Waals surface area contributed by atoms with Gasteiger partial charge in [0.1, 0.15) is 6.61 Å². The van der Waals surface area contributed by atoms with Gasteiger partial charge in [0, 0.05) is 12.2 Å². The van der Waals surface area contributed by atoms with Gasteiger partial charge in [-0.3, -0.25) is 0 Å². The molecule has 0 fully saturated rings. The maximum atomic E-state index is 6.05. The summed E-state index contributed by atoms with van der Waals surface area (Å²) in [5.74, 6) is 1.60. The molecule has 2 aromatic rings. The Kier molecular flexibility index (Phi) is 5.43. The van der Waals surface area contributed by atoms with Crippen molar-refractivity contribution in [1.82, 2.24) is 4.90 Å². The van der Waals surface area contributed by atoms with E-state index >= 15 is 0 Å². The van der Waals surface area contributed by atoms with Gasteiger partial charge in [0.25, 0.3) is 0 Å². The highest BCUT2D eigenvalue weighted by molar-refractivity contribution is 7.80. The molecule has 25 heavy (non-hydrogen) atoms. The van der Waals surface area contributed by atoms with Crippen LogP contribution in [0.5, 0.6) is 11.5 Å². The lowest BCUT2D eigenvalue weighted by molar-refractivity contribution is 0.0754. The minimum absolute atomic E-state index is 0.0469. The van der Waals surface area contributed by atoms with Crippen molar-refractivity contribution in [2.45, 2.75) is 26.9 Å².